The quantitative estimate of drug-likeness (QED) is 0.176. The summed E-state index contributed by atoms with van der Waals surface area (Å²) in [5.41, 5.74) is 5.85. The lowest BCUT2D eigenvalue weighted by Gasteiger charge is -2.19. The van der Waals surface area contributed by atoms with Gasteiger partial charge in [0, 0.05) is 24.9 Å². The van der Waals surface area contributed by atoms with Crippen LogP contribution >= 0.6 is 0 Å². The number of Topliss-reactive ketones (excluding diaryl/α,β-unsaturated/α-hetero) is 1. The number of carbonyl (C=O) groups is 5. The van der Waals surface area contributed by atoms with Crippen molar-refractivity contribution in [3.63, 3.8) is 0 Å². The van der Waals surface area contributed by atoms with Gasteiger partial charge in [-0.2, -0.15) is 0 Å². The van der Waals surface area contributed by atoms with Gasteiger partial charge in [0.15, 0.2) is 11.9 Å². The van der Waals surface area contributed by atoms with Gasteiger partial charge in [-0.15, -0.1) is 5.10 Å². The standard InChI is InChI=1S/C23H27N5O10/c24-21(36)17-18(11-4-2-1-3-5-11)28(27-26-17)23-20(35)19(34)14(38-23)10-25-22(37)12(9-16(32)33)8-13(29)6-7-15(30)31/h1-5,12,14,19-20,23,34-35H,6-10H2,(H2,24,36)(H,25,37)(H,30,31)(H,32,33)/t12-,14+,19+,20?,23+/m0/s1. The van der Waals surface area contributed by atoms with E-state index >= 15 is 0 Å². The minimum atomic E-state index is -1.56. The van der Waals surface area contributed by atoms with E-state index < -0.39 is 79.3 Å². The number of ether oxygens (including phenoxy) is 1. The number of nitrogens with zero attached hydrogens (tertiary/aromatic N) is 3. The van der Waals surface area contributed by atoms with Crippen LogP contribution in [-0.4, -0.2) is 89.8 Å². The van der Waals surface area contributed by atoms with Crippen molar-refractivity contribution in [1.82, 2.24) is 20.3 Å². The molecule has 0 spiro atoms. The number of hydrogen-bond donors (Lipinski definition) is 6. The normalized spacial score (nSPS) is 21.5. The van der Waals surface area contributed by atoms with Gasteiger partial charge in [0.05, 0.1) is 18.8 Å². The Balaban J connectivity index is 1.72. The smallest absolute Gasteiger partial charge is 0.304 e. The Morgan fingerprint density at radius 3 is 2.29 bits per heavy atom. The highest BCUT2D eigenvalue weighted by Gasteiger charge is 2.46. The number of aliphatic hydroxyl groups excluding tert-OH is 2. The van der Waals surface area contributed by atoms with Gasteiger partial charge >= 0.3 is 11.9 Å². The van der Waals surface area contributed by atoms with E-state index in [4.69, 9.17) is 20.7 Å². The first-order valence-corrected chi connectivity index (χ1v) is 11.5. The van der Waals surface area contributed by atoms with E-state index in [2.05, 4.69) is 15.6 Å². The Kier molecular flexibility index (Phi) is 9.22. The van der Waals surface area contributed by atoms with Gasteiger partial charge in [0.25, 0.3) is 5.91 Å². The van der Waals surface area contributed by atoms with Gasteiger partial charge in [0.2, 0.25) is 5.91 Å². The van der Waals surface area contributed by atoms with Crippen molar-refractivity contribution in [3.05, 3.63) is 36.0 Å². The summed E-state index contributed by atoms with van der Waals surface area (Å²) in [6.07, 6.45) is -7.57. The van der Waals surface area contributed by atoms with E-state index in [0.717, 1.165) is 4.68 Å². The number of nitrogens with one attached hydrogen (secondary N) is 1. The SMILES string of the molecule is NC(=O)c1nnn([C@@H]2O[C@H](CNC(=O)[C@H](CC(=O)O)CC(=O)CCC(=O)O)[C@@H](O)C2O)c1-c1ccccc1. The van der Waals surface area contributed by atoms with E-state index in [1.54, 1.807) is 30.3 Å². The Morgan fingerprint density at radius 1 is 1.00 bits per heavy atom. The van der Waals surface area contributed by atoms with Crippen LogP contribution in [0.5, 0.6) is 0 Å². The molecule has 15 nitrogen and oxygen atoms in total. The molecule has 1 aromatic heterocycles. The number of carboxylic acid groups (broad SMARTS) is 2. The summed E-state index contributed by atoms with van der Waals surface area (Å²) in [5.74, 6) is -6.13. The van der Waals surface area contributed by atoms with Gasteiger partial charge in [0.1, 0.15) is 29.8 Å². The van der Waals surface area contributed by atoms with Gasteiger partial charge in [-0.25, -0.2) is 4.68 Å². The fourth-order valence-electron chi connectivity index (χ4n) is 4.04. The molecule has 1 unspecified atom stereocenters. The van der Waals surface area contributed by atoms with Gasteiger partial charge < -0.3 is 36.2 Å². The van der Waals surface area contributed by atoms with Crippen molar-refractivity contribution in [3.8, 4) is 11.3 Å². The molecule has 7 N–H and O–H groups in total. The Labute approximate surface area is 215 Å². The third kappa shape index (κ3) is 6.76. The molecule has 2 amide bonds. The molecule has 0 saturated carbocycles. The minimum Gasteiger partial charge on any atom is -0.481 e. The molecular formula is C23H27N5O10. The second kappa shape index (κ2) is 12.4. The van der Waals surface area contributed by atoms with Crippen molar-refractivity contribution in [1.29, 1.82) is 0 Å². The summed E-state index contributed by atoms with van der Waals surface area (Å²) in [4.78, 5) is 58.4. The summed E-state index contributed by atoms with van der Waals surface area (Å²) < 4.78 is 6.83. The maximum absolute atomic E-state index is 12.6. The number of aliphatic hydroxyl groups is 2. The van der Waals surface area contributed by atoms with Crippen LogP contribution in [0.15, 0.2) is 30.3 Å². The van der Waals surface area contributed by atoms with E-state index in [9.17, 15) is 34.2 Å². The van der Waals surface area contributed by atoms with Crippen molar-refractivity contribution in [2.24, 2.45) is 11.7 Å². The maximum atomic E-state index is 12.6. The molecule has 3 rings (SSSR count). The fraction of sp³-hybridized carbons (Fsp3) is 0.435. The van der Waals surface area contributed by atoms with E-state index in [1.165, 1.54) is 0 Å². The maximum Gasteiger partial charge on any atom is 0.304 e. The van der Waals surface area contributed by atoms with Crippen LogP contribution in [0, 0.1) is 5.92 Å². The molecule has 0 aliphatic carbocycles. The molecular weight excluding hydrogens is 506 g/mol. The molecule has 5 atom stereocenters. The lowest BCUT2D eigenvalue weighted by Crippen LogP contribution is -2.42. The first kappa shape index (κ1) is 28.4. The summed E-state index contributed by atoms with van der Waals surface area (Å²) in [6, 6.07) is 8.42. The van der Waals surface area contributed by atoms with Gasteiger partial charge in [-0.05, 0) is 0 Å². The molecule has 0 radical (unpaired) electrons. The van der Waals surface area contributed by atoms with E-state index in [1.807, 2.05) is 0 Å². The number of amides is 2. The Bertz CT molecular complexity index is 1200. The van der Waals surface area contributed by atoms with Crippen LogP contribution in [0.2, 0.25) is 0 Å². The first-order valence-electron chi connectivity index (χ1n) is 11.5. The number of nitrogens with two attached hydrogens (primary N) is 1. The zero-order valence-corrected chi connectivity index (χ0v) is 20.0. The Hall–Kier alpha value is -4.21. The fourth-order valence-corrected chi connectivity index (χ4v) is 4.04. The molecule has 0 bridgehead atoms. The molecule has 1 aliphatic rings. The molecule has 1 fully saturated rings. The highest BCUT2D eigenvalue weighted by molar-refractivity contribution is 5.96. The van der Waals surface area contributed by atoms with Crippen LogP contribution in [0.1, 0.15) is 42.4 Å². The van der Waals surface area contributed by atoms with Crippen molar-refractivity contribution in [2.45, 2.75) is 50.2 Å². The topological polar surface area (TPSA) is 244 Å². The zero-order valence-electron chi connectivity index (χ0n) is 20.0. The molecule has 1 aliphatic heterocycles. The highest BCUT2D eigenvalue weighted by atomic mass is 16.6. The number of primary amides is 1. The second-order valence-corrected chi connectivity index (χ2v) is 8.68. The predicted molar refractivity (Wildman–Crippen MR) is 125 cm³/mol. The second-order valence-electron chi connectivity index (χ2n) is 8.68. The van der Waals surface area contributed by atoms with Gasteiger partial charge in [-0.1, -0.05) is 35.5 Å². The number of hydrogen-bond acceptors (Lipinski definition) is 10. The number of ketones is 1. The summed E-state index contributed by atoms with van der Waals surface area (Å²) in [7, 11) is 0. The number of benzene rings is 1. The van der Waals surface area contributed by atoms with E-state index in [-0.39, 0.29) is 24.4 Å². The highest BCUT2D eigenvalue weighted by Crippen LogP contribution is 2.33. The van der Waals surface area contributed by atoms with Gasteiger partial charge in [-0.3, -0.25) is 24.0 Å². The number of aliphatic carboxylic acids is 2. The van der Waals surface area contributed by atoms with Crippen LogP contribution in [0.25, 0.3) is 11.3 Å². The number of aromatic nitrogens is 3. The predicted octanol–water partition coefficient (Wildman–Crippen LogP) is -1.31. The monoisotopic (exact) mass is 533 g/mol. The van der Waals surface area contributed by atoms with Crippen LogP contribution in [0.3, 0.4) is 0 Å². The largest absolute Gasteiger partial charge is 0.481 e. The third-order valence-electron chi connectivity index (χ3n) is 5.91. The van der Waals surface area contributed by atoms with Crippen molar-refractivity contribution >= 4 is 29.5 Å². The number of carbonyl (C=O) groups excluding carboxylic acids is 3. The third-order valence-corrected chi connectivity index (χ3v) is 5.91. The lowest BCUT2D eigenvalue weighted by atomic mass is 9.95. The van der Waals surface area contributed by atoms with Crippen LogP contribution in [-0.2, 0) is 23.9 Å². The van der Waals surface area contributed by atoms with Crippen LogP contribution < -0.4 is 11.1 Å². The average Bonchev–Trinajstić information content (AvgIpc) is 3.42. The number of carboxylic acids is 2. The summed E-state index contributed by atoms with van der Waals surface area (Å²) >= 11 is 0. The number of rotatable bonds is 13. The van der Waals surface area contributed by atoms with Crippen molar-refractivity contribution in [2.75, 3.05) is 6.54 Å². The van der Waals surface area contributed by atoms with E-state index in [0.29, 0.717) is 5.56 Å². The Morgan fingerprint density at radius 2 is 1.68 bits per heavy atom. The molecule has 15 heteroatoms. The molecule has 2 heterocycles. The lowest BCUT2D eigenvalue weighted by molar-refractivity contribution is -0.142. The molecule has 1 aromatic carbocycles. The molecule has 2 aromatic rings. The molecule has 38 heavy (non-hydrogen) atoms. The first-order chi connectivity index (χ1) is 18.0. The summed E-state index contributed by atoms with van der Waals surface area (Å²) in [5, 5.41) is 49.1. The average molecular weight is 533 g/mol. The zero-order chi connectivity index (χ0) is 28.0. The molecule has 1 saturated heterocycles. The minimum absolute atomic E-state index is 0.139. The van der Waals surface area contributed by atoms with Crippen LogP contribution in [0.4, 0.5) is 0 Å². The van der Waals surface area contributed by atoms with Crippen molar-refractivity contribution < 1.29 is 49.1 Å². The molecule has 204 valence electrons. The summed E-state index contributed by atoms with van der Waals surface area (Å²) in [6.45, 7) is -0.370.